The minimum absolute atomic E-state index is 0.157. The molecule has 2 unspecified atom stereocenters. The molecule has 1 aromatic heterocycles. The summed E-state index contributed by atoms with van der Waals surface area (Å²) in [6.07, 6.45) is 0. The van der Waals surface area contributed by atoms with Gasteiger partial charge in [0.15, 0.2) is 0 Å². The molecule has 5 heteroatoms. The van der Waals surface area contributed by atoms with Crippen LogP contribution in [0.5, 0.6) is 0 Å². The number of aliphatic carboxylic acids is 1. The maximum absolute atomic E-state index is 11.9. The van der Waals surface area contributed by atoms with E-state index in [-0.39, 0.29) is 5.91 Å². The Hall–Kier alpha value is -1.36. The molecule has 1 aromatic rings. The van der Waals surface area contributed by atoms with Crippen LogP contribution in [0, 0.1) is 17.3 Å². The fourth-order valence-electron chi connectivity index (χ4n) is 2.29. The van der Waals surface area contributed by atoms with Gasteiger partial charge in [0.2, 0.25) is 5.91 Å². The third-order valence-electron chi connectivity index (χ3n) is 3.39. The van der Waals surface area contributed by atoms with Gasteiger partial charge in [0, 0.05) is 4.88 Å². The Bertz CT molecular complexity index is 439. The Morgan fingerprint density at radius 2 is 2.18 bits per heavy atom. The van der Waals surface area contributed by atoms with E-state index in [1.54, 1.807) is 11.3 Å². The van der Waals surface area contributed by atoms with Crippen LogP contribution in [0.4, 0.5) is 0 Å². The number of carboxylic acids is 1. The van der Waals surface area contributed by atoms with Gasteiger partial charge in [0.05, 0.1) is 18.4 Å². The number of thiophene rings is 1. The Kier molecular flexibility index (Phi) is 2.95. The molecule has 92 valence electrons. The molecule has 1 saturated carbocycles. The molecule has 1 aliphatic rings. The molecular weight excluding hydrogens is 238 g/mol. The quantitative estimate of drug-likeness (QED) is 0.858. The van der Waals surface area contributed by atoms with E-state index in [1.165, 1.54) is 0 Å². The van der Waals surface area contributed by atoms with Crippen molar-refractivity contribution in [3.05, 3.63) is 22.4 Å². The number of hydrogen-bond acceptors (Lipinski definition) is 3. The molecule has 0 aliphatic heterocycles. The highest BCUT2D eigenvalue weighted by Crippen LogP contribution is 2.58. The SMILES string of the molecule is CC1(C)C(C(=O)O)C1C(=O)NCc1cccs1. The number of carbonyl (C=O) groups excluding carboxylic acids is 1. The van der Waals surface area contributed by atoms with E-state index in [9.17, 15) is 9.59 Å². The highest BCUT2D eigenvalue weighted by atomic mass is 32.1. The van der Waals surface area contributed by atoms with E-state index in [2.05, 4.69) is 5.32 Å². The van der Waals surface area contributed by atoms with Crippen LogP contribution in [-0.2, 0) is 16.1 Å². The summed E-state index contributed by atoms with van der Waals surface area (Å²) in [6, 6.07) is 3.87. The summed E-state index contributed by atoms with van der Waals surface area (Å²) in [6.45, 7) is 4.12. The standard InChI is InChI=1S/C12H15NO3S/c1-12(2)8(9(12)11(15)16)10(14)13-6-7-4-3-5-17-7/h3-5,8-9H,6H2,1-2H3,(H,13,14)(H,15,16). The second kappa shape index (κ2) is 4.14. The average molecular weight is 253 g/mol. The monoisotopic (exact) mass is 253 g/mol. The number of hydrogen-bond donors (Lipinski definition) is 2. The average Bonchev–Trinajstić information content (AvgIpc) is 2.65. The normalized spacial score (nSPS) is 25.3. The number of carbonyl (C=O) groups is 2. The van der Waals surface area contributed by atoms with Crippen LogP contribution < -0.4 is 5.32 Å². The van der Waals surface area contributed by atoms with Crippen LogP contribution >= 0.6 is 11.3 Å². The molecule has 2 rings (SSSR count). The Morgan fingerprint density at radius 3 is 2.65 bits per heavy atom. The van der Waals surface area contributed by atoms with E-state index in [1.807, 2.05) is 31.4 Å². The first-order valence-corrected chi connectivity index (χ1v) is 6.35. The van der Waals surface area contributed by atoms with Gasteiger partial charge in [-0.15, -0.1) is 11.3 Å². The lowest BCUT2D eigenvalue weighted by atomic mass is 10.1. The molecule has 0 saturated heterocycles. The summed E-state index contributed by atoms with van der Waals surface area (Å²) in [5.74, 6) is -1.99. The fraction of sp³-hybridized carbons (Fsp3) is 0.500. The molecule has 0 bridgehead atoms. The van der Waals surface area contributed by atoms with Gasteiger partial charge < -0.3 is 10.4 Å². The smallest absolute Gasteiger partial charge is 0.307 e. The van der Waals surface area contributed by atoms with Gasteiger partial charge in [-0.3, -0.25) is 9.59 Å². The third kappa shape index (κ3) is 2.20. The summed E-state index contributed by atoms with van der Waals surface area (Å²) in [5.41, 5.74) is -0.425. The van der Waals surface area contributed by atoms with Gasteiger partial charge in [-0.2, -0.15) is 0 Å². The van der Waals surface area contributed by atoms with Crippen molar-refractivity contribution in [3.63, 3.8) is 0 Å². The van der Waals surface area contributed by atoms with Gasteiger partial charge >= 0.3 is 5.97 Å². The molecule has 0 aromatic carbocycles. The second-order valence-corrected chi connectivity index (χ2v) is 5.94. The molecule has 2 N–H and O–H groups in total. The predicted molar refractivity (Wildman–Crippen MR) is 64.6 cm³/mol. The van der Waals surface area contributed by atoms with E-state index in [4.69, 9.17) is 5.11 Å². The Balaban J connectivity index is 1.92. The van der Waals surface area contributed by atoms with Crippen LogP contribution in [-0.4, -0.2) is 17.0 Å². The van der Waals surface area contributed by atoms with Crippen molar-refractivity contribution < 1.29 is 14.7 Å². The molecule has 0 radical (unpaired) electrons. The predicted octanol–water partition coefficient (Wildman–Crippen LogP) is 1.72. The highest BCUT2D eigenvalue weighted by Gasteiger charge is 2.65. The lowest BCUT2D eigenvalue weighted by Gasteiger charge is -2.04. The lowest BCUT2D eigenvalue weighted by Crippen LogP contribution is -2.26. The van der Waals surface area contributed by atoms with Crippen molar-refractivity contribution in [1.29, 1.82) is 0 Å². The molecule has 4 nitrogen and oxygen atoms in total. The van der Waals surface area contributed by atoms with Gasteiger partial charge in [0.25, 0.3) is 0 Å². The Labute approximate surface area is 104 Å². The van der Waals surface area contributed by atoms with Crippen molar-refractivity contribution in [2.45, 2.75) is 20.4 Å². The minimum Gasteiger partial charge on any atom is -0.481 e. The molecule has 1 heterocycles. The van der Waals surface area contributed by atoms with E-state index >= 15 is 0 Å². The van der Waals surface area contributed by atoms with E-state index in [0.717, 1.165) is 4.88 Å². The van der Waals surface area contributed by atoms with Crippen LogP contribution in [0.2, 0.25) is 0 Å². The molecule has 17 heavy (non-hydrogen) atoms. The summed E-state index contributed by atoms with van der Waals surface area (Å²) in [4.78, 5) is 23.9. The highest BCUT2D eigenvalue weighted by molar-refractivity contribution is 7.09. The zero-order valence-electron chi connectivity index (χ0n) is 9.77. The van der Waals surface area contributed by atoms with Crippen LogP contribution in [0.1, 0.15) is 18.7 Å². The molecule has 1 amide bonds. The van der Waals surface area contributed by atoms with Crippen LogP contribution in [0.3, 0.4) is 0 Å². The molecule has 2 atom stereocenters. The van der Waals surface area contributed by atoms with Crippen molar-refractivity contribution in [3.8, 4) is 0 Å². The van der Waals surface area contributed by atoms with Gasteiger partial charge in [-0.05, 0) is 16.9 Å². The van der Waals surface area contributed by atoms with Crippen LogP contribution in [0.25, 0.3) is 0 Å². The third-order valence-corrected chi connectivity index (χ3v) is 4.27. The van der Waals surface area contributed by atoms with Gasteiger partial charge in [-0.1, -0.05) is 19.9 Å². The van der Waals surface area contributed by atoms with Crippen molar-refractivity contribution in [2.75, 3.05) is 0 Å². The number of nitrogens with one attached hydrogen (secondary N) is 1. The van der Waals surface area contributed by atoms with Gasteiger partial charge in [-0.25, -0.2) is 0 Å². The van der Waals surface area contributed by atoms with E-state index in [0.29, 0.717) is 6.54 Å². The first-order chi connectivity index (χ1) is 7.94. The maximum atomic E-state index is 11.9. The fourth-order valence-corrected chi connectivity index (χ4v) is 2.93. The lowest BCUT2D eigenvalue weighted by molar-refractivity contribution is -0.140. The zero-order chi connectivity index (χ0) is 12.6. The molecule has 1 fully saturated rings. The molecule has 1 aliphatic carbocycles. The van der Waals surface area contributed by atoms with Crippen molar-refractivity contribution in [2.24, 2.45) is 17.3 Å². The molecule has 0 spiro atoms. The summed E-state index contributed by atoms with van der Waals surface area (Å²) in [5, 5.41) is 13.7. The summed E-state index contributed by atoms with van der Waals surface area (Å²) >= 11 is 1.57. The first kappa shape index (κ1) is 12.1. The van der Waals surface area contributed by atoms with Crippen LogP contribution in [0.15, 0.2) is 17.5 Å². The largest absolute Gasteiger partial charge is 0.481 e. The molecular formula is C12H15NO3S. The van der Waals surface area contributed by atoms with Crippen molar-refractivity contribution in [1.82, 2.24) is 5.32 Å². The topological polar surface area (TPSA) is 66.4 Å². The summed E-state index contributed by atoms with van der Waals surface area (Å²) in [7, 11) is 0. The first-order valence-electron chi connectivity index (χ1n) is 5.47. The second-order valence-electron chi connectivity index (χ2n) is 4.91. The number of rotatable bonds is 4. The van der Waals surface area contributed by atoms with E-state index < -0.39 is 23.2 Å². The number of carboxylic acid groups (broad SMARTS) is 1. The van der Waals surface area contributed by atoms with Crippen molar-refractivity contribution >= 4 is 23.2 Å². The zero-order valence-corrected chi connectivity index (χ0v) is 10.6. The Morgan fingerprint density at radius 1 is 1.47 bits per heavy atom. The minimum atomic E-state index is -0.883. The maximum Gasteiger partial charge on any atom is 0.307 e. The summed E-state index contributed by atoms with van der Waals surface area (Å²) < 4.78 is 0. The van der Waals surface area contributed by atoms with Gasteiger partial charge in [0.1, 0.15) is 0 Å². The number of amides is 1.